The topological polar surface area (TPSA) is 32.7 Å². The first-order chi connectivity index (χ1) is 9.02. The highest BCUT2D eigenvalue weighted by atomic mass is 16.5. The number of aryl methyl sites for hydroxylation is 1. The van der Waals surface area contributed by atoms with Crippen molar-refractivity contribution >= 4 is 0 Å². The Bertz CT molecular complexity index is 460. The number of hydrogen-bond donors (Lipinski definition) is 1. The molecule has 1 aromatic carbocycles. The minimum atomic E-state index is -0.465. The van der Waals surface area contributed by atoms with E-state index in [9.17, 15) is 5.11 Å². The standard InChI is InChI=1S/C16H23NO2/c1-12-3-4-15-13(9-12)10-14(19-15)11-17-7-5-16(2,18)6-8-17/h3-4,9,14,18H,5-8,10-11H2,1-2H3. The Labute approximate surface area is 115 Å². The maximum absolute atomic E-state index is 9.97. The Balaban J connectivity index is 1.56. The van der Waals surface area contributed by atoms with Crippen molar-refractivity contribution in [3.63, 3.8) is 0 Å². The Morgan fingerprint density at radius 3 is 2.84 bits per heavy atom. The Morgan fingerprint density at radius 1 is 1.37 bits per heavy atom. The molecular formula is C16H23NO2. The second-order valence-corrected chi connectivity index (χ2v) is 6.35. The highest BCUT2D eigenvalue weighted by molar-refractivity contribution is 5.40. The van der Waals surface area contributed by atoms with Crippen molar-refractivity contribution in [1.29, 1.82) is 0 Å². The van der Waals surface area contributed by atoms with E-state index in [0.717, 1.165) is 44.6 Å². The minimum Gasteiger partial charge on any atom is -0.488 e. The second kappa shape index (κ2) is 4.80. The summed E-state index contributed by atoms with van der Waals surface area (Å²) in [5.41, 5.74) is 2.18. The first-order valence-electron chi connectivity index (χ1n) is 7.23. The summed E-state index contributed by atoms with van der Waals surface area (Å²) in [7, 11) is 0. The summed E-state index contributed by atoms with van der Waals surface area (Å²) >= 11 is 0. The molecule has 19 heavy (non-hydrogen) atoms. The van der Waals surface area contributed by atoms with E-state index in [0.29, 0.717) is 0 Å². The zero-order valence-corrected chi connectivity index (χ0v) is 11.9. The molecule has 0 spiro atoms. The molecule has 1 saturated heterocycles. The van der Waals surface area contributed by atoms with Crippen LogP contribution in [-0.2, 0) is 6.42 Å². The molecule has 0 aliphatic carbocycles. The van der Waals surface area contributed by atoms with Crippen molar-refractivity contribution in [3.05, 3.63) is 29.3 Å². The van der Waals surface area contributed by atoms with Crippen LogP contribution in [0.4, 0.5) is 0 Å². The molecule has 2 aliphatic heterocycles. The zero-order valence-electron chi connectivity index (χ0n) is 11.9. The second-order valence-electron chi connectivity index (χ2n) is 6.35. The van der Waals surface area contributed by atoms with Crippen LogP contribution in [0.15, 0.2) is 18.2 Å². The van der Waals surface area contributed by atoms with Gasteiger partial charge in [-0.2, -0.15) is 0 Å². The number of nitrogens with zero attached hydrogens (tertiary/aromatic N) is 1. The number of likely N-dealkylation sites (tertiary alicyclic amines) is 1. The highest BCUT2D eigenvalue weighted by Gasteiger charge is 2.30. The number of aliphatic hydroxyl groups is 1. The van der Waals surface area contributed by atoms with E-state index in [1.54, 1.807) is 0 Å². The van der Waals surface area contributed by atoms with Gasteiger partial charge in [0.25, 0.3) is 0 Å². The number of rotatable bonds is 2. The van der Waals surface area contributed by atoms with E-state index in [4.69, 9.17) is 4.74 Å². The SMILES string of the molecule is Cc1ccc2c(c1)CC(CN1CCC(C)(O)CC1)O2. The van der Waals surface area contributed by atoms with E-state index in [1.165, 1.54) is 11.1 Å². The molecule has 3 heteroatoms. The van der Waals surface area contributed by atoms with Crippen molar-refractivity contribution in [2.24, 2.45) is 0 Å². The van der Waals surface area contributed by atoms with Crippen LogP contribution in [0.3, 0.4) is 0 Å². The van der Waals surface area contributed by atoms with Crippen LogP contribution in [0.25, 0.3) is 0 Å². The van der Waals surface area contributed by atoms with Crippen molar-refractivity contribution in [3.8, 4) is 5.75 Å². The van der Waals surface area contributed by atoms with Gasteiger partial charge < -0.3 is 9.84 Å². The molecule has 0 aromatic heterocycles. The van der Waals surface area contributed by atoms with E-state index in [2.05, 4.69) is 30.0 Å². The molecule has 0 saturated carbocycles. The van der Waals surface area contributed by atoms with Gasteiger partial charge in [0.15, 0.2) is 0 Å². The third-order valence-electron chi connectivity index (χ3n) is 4.35. The quantitative estimate of drug-likeness (QED) is 0.885. The van der Waals surface area contributed by atoms with Crippen LogP contribution in [0.5, 0.6) is 5.75 Å². The molecule has 0 radical (unpaired) electrons. The predicted octanol–water partition coefficient (Wildman–Crippen LogP) is 2.15. The minimum absolute atomic E-state index is 0.278. The van der Waals surface area contributed by atoms with Crippen LogP contribution in [-0.4, -0.2) is 41.3 Å². The van der Waals surface area contributed by atoms with E-state index in [1.807, 2.05) is 6.92 Å². The lowest BCUT2D eigenvalue weighted by Gasteiger charge is -2.36. The normalized spacial score (nSPS) is 25.9. The molecule has 1 aromatic rings. The van der Waals surface area contributed by atoms with E-state index >= 15 is 0 Å². The number of benzene rings is 1. The fourth-order valence-electron chi connectivity index (χ4n) is 3.06. The Kier molecular flexibility index (Phi) is 3.27. The maximum Gasteiger partial charge on any atom is 0.123 e. The molecule has 2 heterocycles. The molecule has 1 N–H and O–H groups in total. The lowest BCUT2D eigenvalue weighted by molar-refractivity contribution is -0.0123. The van der Waals surface area contributed by atoms with Crippen molar-refractivity contribution in [2.75, 3.05) is 19.6 Å². The molecule has 1 unspecified atom stereocenters. The first kappa shape index (κ1) is 12.9. The summed E-state index contributed by atoms with van der Waals surface area (Å²) in [6.07, 6.45) is 3.03. The molecule has 0 amide bonds. The predicted molar refractivity (Wildman–Crippen MR) is 75.6 cm³/mol. The van der Waals surface area contributed by atoms with Gasteiger partial charge in [-0.15, -0.1) is 0 Å². The number of ether oxygens (including phenoxy) is 1. The van der Waals surface area contributed by atoms with Crippen LogP contribution >= 0.6 is 0 Å². The monoisotopic (exact) mass is 261 g/mol. The third-order valence-corrected chi connectivity index (χ3v) is 4.35. The summed E-state index contributed by atoms with van der Waals surface area (Å²) < 4.78 is 6.01. The number of hydrogen-bond acceptors (Lipinski definition) is 3. The average molecular weight is 261 g/mol. The summed E-state index contributed by atoms with van der Waals surface area (Å²) in [6.45, 7) is 6.99. The van der Waals surface area contributed by atoms with Crippen molar-refractivity contribution in [2.45, 2.75) is 44.8 Å². The first-order valence-corrected chi connectivity index (χ1v) is 7.23. The molecule has 1 atom stereocenters. The molecule has 2 aliphatic rings. The number of fused-ring (bicyclic) bond motifs is 1. The largest absolute Gasteiger partial charge is 0.488 e. The van der Waals surface area contributed by atoms with Gasteiger partial charge in [-0.1, -0.05) is 17.7 Å². The highest BCUT2D eigenvalue weighted by Crippen LogP contribution is 2.30. The van der Waals surface area contributed by atoms with Gasteiger partial charge in [-0.3, -0.25) is 4.90 Å². The Hall–Kier alpha value is -1.06. The summed E-state index contributed by atoms with van der Waals surface area (Å²) in [5.74, 6) is 1.06. The number of piperidine rings is 1. The van der Waals surface area contributed by atoms with Crippen molar-refractivity contribution in [1.82, 2.24) is 4.90 Å². The van der Waals surface area contributed by atoms with Gasteiger partial charge in [0, 0.05) is 26.1 Å². The molecule has 1 fully saturated rings. The molecule has 3 rings (SSSR count). The van der Waals surface area contributed by atoms with Gasteiger partial charge >= 0.3 is 0 Å². The fraction of sp³-hybridized carbons (Fsp3) is 0.625. The van der Waals surface area contributed by atoms with Gasteiger partial charge in [-0.25, -0.2) is 0 Å². The molecule has 0 bridgehead atoms. The summed E-state index contributed by atoms with van der Waals surface area (Å²) in [5, 5.41) is 9.97. The molecule has 3 nitrogen and oxygen atoms in total. The van der Waals surface area contributed by atoms with Crippen LogP contribution < -0.4 is 4.74 Å². The fourth-order valence-corrected chi connectivity index (χ4v) is 3.06. The van der Waals surface area contributed by atoms with E-state index in [-0.39, 0.29) is 6.10 Å². The Morgan fingerprint density at radius 2 is 2.11 bits per heavy atom. The molecular weight excluding hydrogens is 238 g/mol. The van der Waals surface area contributed by atoms with Crippen LogP contribution in [0.1, 0.15) is 30.9 Å². The van der Waals surface area contributed by atoms with E-state index < -0.39 is 5.60 Å². The van der Waals surface area contributed by atoms with Gasteiger partial charge in [-0.05, 0) is 38.3 Å². The van der Waals surface area contributed by atoms with Gasteiger partial charge in [0.2, 0.25) is 0 Å². The van der Waals surface area contributed by atoms with Crippen LogP contribution in [0.2, 0.25) is 0 Å². The molecule has 104 valence electrons. The average Bonchev–Trinajstić information content (AvgIpc) is 2.73. The van der Waals surface area contributed by atoms with Crippen LogP contribution in [0, 0.1) is 6.92 Å². The van der Waals surface area contributed by atoms with Gasteiger partial charge in [0.1, 0.15) is 11.9 Å². The maximum atomic E-state index is 9.97. The zero-order chi connectivity index (χ0) is 13.5. The lowest BCUT2D eigenvalue weighted by Crippen LogP contribution is -2.45. The third kappa shape index (κ3) is 2.93. The lowest BCUT2D eigenvalue weighted by atomic mass is 9.93. The van der Waals surface area contributed by atoms with Crippen molar-refractivity contribution < 1.29 is 9.84 Å². The van der Waals surface area contributed by atoms with Gasteiger partial charge in [0.05, 0.1) is 5.60 Å². The smallest absolute Gasteiger partial charge is 0.123 e. The summed E-state index contributed by atoms with van der Waals surface area (Å²) in [6, 6.07) is 6.43. The summed E-state index contributed by atoms with van der Waals surface area (Å²) in [4.78, 5) is 2.42.